The molecule has 0 aliphatic rings. The second-order valence-electron chi connectivity index (χ2n) is 6.67. The van der Waals surface area contributed by atoms with E-state index in [1.165, 1.54) is 41.4 Å². The molecule has 0 aliphatic carbocycles. The second-order valence-corrected chi connectivity index (χ2v) is 7.59. The number of fused-ring (bicyclic) bond motifs is 1. The summed E-state index contributed by atoms with van der Waals surface area (Å²) >= 11 is 3.39. The highest BCUT2D eigenvalue weighted by atomic mass is 79.9. The molecule has 2 heterocycles. The van der Waals surface area contributed by atoms with Crippen molar-refractivity contribution in [2.75, 3.05) is 6.54 Å². The third-order valence-electron chi connectivity index (χ3n) is 4.60. The fraction of sp³-hybridized carbons (Fsp3) is 0.143. The standard InChI is InChI=1S/C21H17BrFN5O2/c22-16-5-1-14(2-6-16)12-27-13-25-19-18(21(27)30)11-26-28(19)10-9-24-20(29)15-3-7-17(23)8-4-15/h1-8,11,13H,9-10,12H2,(H,24,29). The molecular weight excluding hydrogens is 453 g/mol. The van der Waals surface area contributed by atoms with Gasteiger partial charge in [0, 0.05) is 16.6 Å². The van der Waals surface area contributed by atoms with Crippen LogP contribution in [0.5, 0.6) is 0 Å². The highest BCUT2D eigenvalue weighted by molar-refractivity contribution is 9.10. The molecule has 9 heteroatoms. The Bertz CT molecular complexity index is 1250. The van der Waals surface area contributed by atoms with Crippen molar-refractivity contribution in [3.63, 3.8) is 0 Å². The van der Waals surface area contributed by atoms with Gasteiger partial charge in [0.15, 0.2) is 5.65 Å². The first-order chi connectivity index (χ1) is 14.5. The fourth-order valence-corrected chi connectivity index (χ4v) is 3.30. The van der Waals surface area contributed by atoms with Gasteiger partial charge in [0.1, 0.15) is 17.5 Å². The molecule has 152 valence electrons. The number of amides is 1. The van der Waals surface area contributed by atoms with Gasteiger partial charge in [0.05, 0.1) is 19.3 Å². The predicted molar refractivity (Wildman–Crippen MR) is 114 cm³/mol. The molecule has 0 saturated heterocycles. The summed E-state index contributed by atoms with van der Waals surface area (Å²) in [7, 11) is 0. The minimum Gasteiger partial charge on any atom is -0.350 e. The van der Waals surface area contributed by atoms with Gasteiger partial charge < -0.3 is 5.32 Å². The number of carbonyl (C=O) groups is 1. The van der Waals surface area contributed by atoms with Gasteiger partial charge in [-0.15, -0.1) is 0 Å². The van der Waals surface area contributed by atoms with E-state index in [4.69, 9.17) is 0 Å². The summed E-state index contributed by atoms with van der Waals surface area (Å²) in [6.07, 6.45) is 2.99. The third kappa shape index (κ3) is 4.30. The minimum atomic E-state index is -0.397. The summed E-state index contributed by atoms with van der Waals surface area (Å²) in [6, 6.07) is 13.0. The molecule has 0 radical (unpaired) electrons. The topological polar surface area (TPSA) is 81.8 Å². The Morgan fingerprint density at radius 2 is 1.83 bits per heavy atom. The van der Waals surface area contributed by atoms with Crippen LogP contribution < -0.4 is 10.9 Å². The normalized spacial score (nSPS) is 11.0. The van der Waals surface area contributed by atoms with E-state index in [0.29, 0.717) is 29.7 Å². The molecule has 0 saturated carbocycles. The Labute approximate surface area is 179 Å². The Morgan fingerprint density at radius 3 is 2.57 bits per heavy atom. The van der Waals surface area contributed by atoms with Gasteiger partial charge >= 0.3 is 0 Å². The lowest BCUT2D eigenvalue weighted by Crippen LogP contribution is -2.27. The lowest BCUT2D eigenvalue weighted by Gasteiger charge is -2.08. The van der Waals surface area contributed by atoms with E-state index in [1.54, 1.807) is 4.68 Å². The first kappa shape index (κ1) is 20.0. The molecule has 0 atom stereocenters. The van der Waals surface area contributed by atoms with E-state index in [2.05, 4.69) is 31.3 Å². The van der Waals surface area contributed by atoms with Crippen LogP contribution in [0.3, 0.4) is 0 Å². The number of carbonyl (C=O) groups excluding carboxylic acids is 1. The quantitative estimate of drug-likeness (QED) is 0.470. The van der Waals surface area contributed by atoms with Crippen molar-refractivity contribution in [3.05, 3.63) is 92.8 Å². The van der Waals surface area contributed by atoms with Gasteiger partial charge in [0.25, 0.3) is 11.5 Å². The van der Waals surface area contributed by atoms with E-state index in [9.17, 15) is 14.0 Å². The Kier molecular flexibility index (Phi) is 5.71. The van der Waals surface area contributed by atoms with Crippen LogP contribution in [0.4, 0.5) is 4.39 Å². The van der Waals surface area contributed by atoms with E-state index in [1.807, 2.05) is 24.3 Å². The predicted octanol–water partition coefficient (Wildman–Crippen LogP) is 2.97. The van der Waals surface area contributed by atoms with E-state index in [-0.39, 0.29) is 18.0 Å². The van der Waals surface area contributed by atoms with Crippen LogP contribution in [0.25, 0.3) is 11.0 Å². The number of hydrogen-bond donors (Lipinski definition) is 1. The van der Waals surface area contributed by atoms with Crippen LogP contribution in [0, 0.1) is 5.82 Å². The number of hydrogen-bond acceptors (Lipinski definition) is 4. The van der Waals surface area contributed by atoms with Gasteiger partial charge in [0.2, 0.25) is 0 Å². The van der Waals surface area contributed by atoms with Crippen molar-refractivity contribution in [1.29, 1.82) is 0 Å². The van der Waals surface area contributed by atoms with Gasteiger partial charge in [-0.3, -0.25) is 14.2 Å². The van der Waals surface area contributed by atoms with E-state index in [0.717, 1.165) is 10.0 Å². The monoisotopic (exact) mass is 469 g/mol. The summed E-state index contributed by atoms with van der Waals surface area (Å²) in [5.74, 6) is -0.706. The zero-order valence-corrected chi connectivity index (χ0v) is 17.3. The van der Waals surface area contributed by atoms with Crippen molar-refractivity contribution >= 4 is 32.9 Å². The molecular formula is C21H17BrFN5O2. The summed E-state index contributed by atoms with van der Waals surface area (Å²) < 4.78 is 17.0. The fourth-order valence-electron chi connectivity index (χ4n) is 3.04. The number of nitrogens with one attached hydrogen (secondary N) is 1. The molecule has 0 fully saturated rings. The molecule has 0 unspecified atom stereocenters. The van der Waals surface area contributed by atoms with Crippen LogP contribution in [0.2, 0.25) is 0 Å². The van der Waals surface area contributed by atoms with Crippen LogP contribution in [-0.4, -0.2) is 31.8 Å². The summed E-state index contributed by atoms with van der Waals surface area (Å²) in [5.41, 5.74) is 1.64. The number of halogens is 2. The molecule has 1 amide bonds. The van der Waals surface area contributed by atoms with Gasteiger partial charge in [-0.05, 0) is 42.0 Å². The average Bonchev–Trinajstić information content (AvgIpc) is 3.16. The van der Waals surface area contributed by atoms with Gasteiger partial charge in [-0.25, -0.2) is 14.1 Å². The Hall–Kier alpha value is -3.33. The summed E-state index contributed by atoms with van der Waals surface area (Å²) in [6.45, 7) is 1.05. The van der Waals surface area contributed by atoms with Crippen LogP contribution in [-0.2, 0) is 13.1 Å². The molecule has 0 aliphatic heterocycles. The third-order valence-corrected chi connectivity index (χ3v) is 5.13. The first-order valence-corrected chi connectivity index (χ1v) is 10.00. The number of nitrogens with zero attached hydrogens (tertiary/aromatic N) is 4. The largest absolute Gasteiger partial charge is 0.350 e. The van der Waals surface area contributed by atoms with Crippen LogP contribution >= 0.6 is 15.9 Å². The highest BCUT2D eigenvalue weighted by Crippen LogP contribution is 2.12. The molecule has 0 bridgehead atoms. The maximum Gasteiger partial charge on any atom is 0.264 e. The maximum atomic E-state index is 13.0. The maximum absolute atomic E-state index is 13.0. The molecule has 2 aromatic carbocycles. The smallest absolute Gasteiger partial charge is 0.264 e. The molecule has 30 heavy (non-hydrogen) atoms. The highest BCUT2D eigenvalue weighted by Gasteiger charge is 2.11. The number of rotatable bonds is 6. The Balaban J connectivity index is 1.45. The van der Waals surface area contributed by atoms with Crippen molar-refractivity contribution in [2.24, 2.45) is 0 Å². The van der Waals surface area contributed by atoms with Crippen molar-refractivity contribution < 1.29 is 9.18 Å². The van der Waals surface area contributed by atoms with Crippen molar-refractivity contribution in [2.45, 2.75) is 13.1 Å². The summed E-state index contributed by atoms with van der Waals surface area (Å²) in [4.78, 5) is 29.3. The molecule has 1 N–H and O–H groups in total. The van der Waals surface area contributed by atoms with E-state index < -0.39 is 5.82 Å². The molecule has 2 aromatic heterocycles. The first-order valence-electron chi connectivity index (χ1n) is 9.20. The zero-order chi connectivity index (χ0) is 21.1. The second kappa shape index (κ2) is 8.58. The zero-order valence-electron chi connectivity index (χ0n) is 15.8. The van der Waals surface area contributed by atoms with Crippen molar-refractivity contribution in [3.8, 4) is 0 Å². The molecule has 4 aromatic rings. The Morgan fingerprint density at radius 1 is 1.10 bits per heavy atom. The van der Waals surface area contributed by atoms with Crippen LogP contribution in [0.1, 0.15) is 15.9 Å². The van der Waals surface area contributed by atoms with Crippen molar-refractivity contribution in [1.82, 2.24) is 24.6 Å². The van der Waals surface area contributed by atoms with Gasteiger partial charge in [-0.2, -0.15) is 5.10 Å². The lowest BCUT2D eigenvalue weighted by atomic mass is 10.2. The average molecular weight is 470 g/mol. The van der Waals surface area contributed by atoms with E-state index >= 15 is 0 Å². The SMILES string of the molecule is O=C(NCCn1ncc2c(=O)n(Cc3ccc(Br)cc3)cnc21)c1ccc(F)cc1. The number of benzene rings is 2. The number of aromatic nitrogens is 4. The molecule has 0 spiro atoms. The lowest BCUT2D eigenvalue weighted by molar-refractivity contribution is 0.0952. The molecule has 7 nitrogen and oxygen atoms in total. The van der Waals surface area contributed by atoms with Gasteiger partial charge in [-0.1, -0.05) is 28.1 Å². The minimum absolute atomic E-state index is 0.176. The molecule has 4 rings (SSSR count). The summed E-state index contributed by atoms with van der Waals surface area (Å²) in [5, 5.41) is 7.39. The van der Waals surface area contributed by atoms with Crippen LogP contribution in [0.15, 0.2) is 70.3 Å².